The van der Waals surface area contributed by atoms with E-state index in [1.165, 1.54) is 38.2 Å². The number of aliphatic imine (C=N–C) groups is 1. The monoisotopic (exact) mass is 423 g/mol. The Morgan fingerprint density at radius 2 is 1.87 bits per heavy atom. The highest BCUT2D eigenvalue weighted by Crippen LogP contribution is 2.26. The van der Waals surface area contributed by atoms with Crippen LogP contribution >= 0.6 is 0 Å². The fraction of sp³-hybridized carbons (Fsp3) is 0.480. The highest BCUT2D eigenvalue weighted by molar-refractivity contribution is 5.79. The standard InChI is InChI=1S/C25H37N5O/c1-21-11-12-22(24(19-21)31-23-9-5-4-6-10-23)20-28-25(26-2)27-13-7-15-30-16-8-14-29(3)17-18-30/h4-6,9-12,19H,7-8,13-18,20H2,1-3H3,(H2,26,27,28). The van der Waals surface area contributed by atoms with E-state index in [-0.39, 0.29) is 0 Å². The van der Waals surface area contributed by atoms with Gasteiger partial charge in [-0.25, -0.2) is 0 Å². The molecular weight excluding hydrogens is 386 g/mol. The predicted octanol–water partition coefficient (Wildman–Crippen LogP) is 3.48. The van der Waals surface area contributed by atoms with Crippen LogP contribution in [0.4, 0.5) is 0 Å². The lowest BCUT2D eigenvalue weighted by Gasteiger charge is -2.20. The van der Waals surface area contributed by atoms with Gasteiger partial charge in [0, 0.05) is 38.8 Å². The number of nitrogens with zero attached hydrogens (tertiary/aromatic N) is 3. The van der Waals surface area contributed by atoms with Crippen LogP contribution in [0.25, 0.3) is 0 Å². The van der Waals surface area contributed by atoms with Crippen LogP contribution in [0.2, 0.25) is 0 Å². The number of aryl methyl sites for hydroxylation is 1. The zero-order chi connectivity index (χ0) is 21.9. The first kappa shape index (κ1) is 23.1. The van der Waals surface area contributed by atoms with Crippen molar-refractivity contribution in [2.75, 3.05) is 53.4 Å². The molecule has 0 unspecified atom stereocenters. The minimum atomic E-state index is 0.653. The number of guanidine groups is 1. The molecule has 6 heteroatoms. The molecule has 0 aliphatic carbocycles. The number of benzene rings is 2. The van der Waals surface area contributed by atoms with E-state index in [1.807, 2.05) is 37.4 Å². The minimum absolute atomic E-state index is 0.653. The Morgan fingerprint density at radius 3 is 2.68 bits per heavy atom. The van der Waals surface area contributed by atoms with Crippen molar-refractivity contribution >= 4 is 5.96 Å². The first-order chi connectivity index (χ1) is 15.1. The Bertz CT molecular complexity index is 824. The van der Waals surface area contributed by atoms with Crippen LogP contribution in [-0.2, 0) is 6.54 Å². The van der Waals surface area contributed by atoms with Crippen LogP contribution in [0.1, 0.15) is 24.0 Å². The normalized spacial score (nSPS) is 16.0. The van der Waals surface area contributed by atoms with E-state index >= 15 is 0 Å². The molecule has 1 heterocycles. The quantitative estimate of drug-likeness (QED) is 0.387. The van der Waals surface area contributed by atoms with Gasteiger partial charge >= 0.3 is 0 Å². The molecular formula is C25H37N5O. The fourth-order valence-corrected chi connectivity index (χ4v) is 3.75. The van der Waals surface area contributed by atoms with Crippen LogP contribution in [0, 0.1) is 6.92 Å². The van der Waals surface area contributed by atoms with E-state index in [9.17, 15) is 0 Å². The number of hydrogen-bond donors (Lipinski definition) is 2. The number of hydrogen-bond acceptors (Lipinski definition) is 4. The molecule has 1 aliphatic rings. The molecule has 0 radical (unpaired) electrons. The van der Waals surface area contributed by atoms with Crippen molar-refractivity contribution < 1.29 is 4.74 Å². The zero-order valence-corrected chi connectivity index (χ0v) is 19.2. The van der Waals surface area contributed by atoms with E-state index in [2.05, 4.69) is 57.6 Å². The summed E-state index contributed by atoms with van der Waals surface area (Å²) in [7, 11) is 4.03. The van der Waals surface area contributed by atoms with Gasteiger partial charge in [-0.3, -0.25) is 4.99 Å². The summed E-state index contributed by atoms with van der Waals surface area (Å²) in [5.41, 5.74) is 2.28. The maximum absolute atomic E-state index is 6.13. The summed E-state index contributed by atoms with van der Waals surface area (Å²) in [5.74, 6) is 2.54. The smallest absolute Gasteiger partial charge is 0.191 e. The molecule has 0 aromatic heterocycles. The van der Waals surface area contributed by atoms with Crippen LogP contribution in [-0.4, -0.2) is 69.1 Å². The van der Waals surface area contributed by atoms with Crippen molar-refractivity contribution in [3.8, 4) is 11.5 Å². The summed E-state index contributed by atoms with van der Waals surface area (Å²) in [6.07, 6.45) is 2.37. The molecule has 2 aromatic carbocycles. The van der Waals surface area contributed by atoms with Gasteiger partial charge in [-0.1, -0.05) is 30.3 Å². The fourth-order valence-electron chi connectivity index (χ4n) is 3.75. The van der Waals surface area contributed by atoms with Gasteiger partial charge in [0.25, 0.3) is 0 Å². The summed E-state index contributed by atoms with van der Waals surface area (Å²) >= 11 is 0. The molecule has 0 spiro atoms. The number of para-hydroxylation sites is 1. The van der Waals surface area contributed by atoms with Crippen LogP contribution < -0.4 is 15.4 Å². The number of rotatable bonds is 8. The average Bonchev–Trinajstić information content (AvgIpc) is 2.99. The van der Waals surface area contributed by atoms with Gasteiger partial charge in [0.2, 0.25) is 0 Å². The van der Waals surface area contributed by atoms with Crippen LogP contribution in [0.15, 0.2) is 53.5 Å². The van der Waals surface area contributed by atoms with Crippen molar-refractivity contribution in [3.63, 3.8) is 0 Å². The van der Waals surface area contributed by atoms with Gasteiger partial charge in [-0.05, 0) is 70.2 Å². The maximum Gasteiger partial charge on any atom is 0.191 e. The van der Waals surface area contributed by atoms with Crippen molar-refractivity contribution in [1.29, 1.82) is 0 Å². The Labute approximate surface area is 187 Å². The van der Waals surface area contributed by atoms with Crippen molar-refractivity contribution in [2.24, 2.45) is 4.99 Å². The molecule has 31 heavy (non-hydrogen) atoms. The minimum Gasteiger partial charge on any atom is -0.457 e. The van der Waals surface area contributed by atoms with Crippen molar-refractivity contribution in [1.82, 2.24) is 20.4 Å². The second-order valence-corrected chi connectivity index (χ2v) is 8.23. The molecule has 1 fully saturated rings. The zero-order valence-electron chi connectivity index (χ0n) is 19.2. The Morgan fingerprint density at radius 1 is 1.03 bits per heavy atom. The lowest BCUT2D eigenvalue weighted by molar-refractivity contribution is 0.274. The summed E-state index contributed by atoms with van der Waals surface area (Å²) in [6.45, 7) is 9.52. The van der Waals surface area contributed by atoms with Crippen molar-refractivity contribution in [2.45, 2.75) is 26.3 Å². The molecule has 1 aliphatic heterocycles. The molecule has 6 nitrogen and oxygen atoms in total. The van der Waals surface area contributed by atoms with E-state index in [4.69, 9.17) is 4.74 Å². The summed E-state index contributed by atoms with van der Waals surface area (Å²) in [6, 6.07) is 16.2. The van der Waals surface area contributed by atoms with E-state index in [1.54, 1.807) is 0 Å². The Kier molecular flexibility index (Phi) is 9.18. The molecule has 0 atom stereocenters. The average molecular weight is 424 g/mol. The molecule has 168 valence electrons. The SMILES string of the molecule is CN=C(NCCCN1CCCN(C)CC1)NCc1ccc(C)cc1Oc1ccccc1. The molecule has 0 bridgehead atoms. The molecule has 2 aromatic rings. The van der Waals surface area contributed by atoms with Gasteiger partial charge in [-0.2, -0.15) is 0 Å². The van der Waals surface area contributed by atoms with Gasteiger partial charge in [0.1, 0.15) is 11.5 Å². The number of likely N-dealkylation sites (N-methyl/N-ethyl adjacent to an activating group) is 1. The maximum atomic E-state index is 6.13. The first-order valence-electron chi connectivity index (χ1n) is 11.3. The second kappa shape index (κ2) is 12.3. The number of nitrogens with one attached hydrogen (secondary N) is 2. The third kappa shape index (κ3) is 7.89. The molecule has 0 amide bonds. The van der Waals surface area contributed by atoms with Crippen LogP contribution in [0.3, 0.4) is 0 Å². The molecule has 2 N–H and O–H groups in total. The molecule has 0 saturated carbocycles. The lowest BCUT2D eigenvalue weighted by atomic mass is 10.1. The summed E-state index contributed by atoms with van der Waals surface area (Å²) in [5, 5.41) is 6.87. The predicted molar refractivity (Wildman–Crippen MR) is 129 cm³/mol. The second-order valence-electron chi connectivity index (χ2n) is 8.23. The van der Waals surface area contributed by atoms with Gasteiger partial charge < -0.3 is 25.2 Å². The van der Waals surface area contributed by atoms with E-state index in [0.29, 0.717) is 6.54 Å². The first-order valence-corrected chi connectivity index (χ1v) is 11.3. The van der Waals surface area contributed by atoms with Gasteiger partial charge in [-0.15, -0.1) is 0 Å². The third-order valence-electron chi connectivity index (χ3n) is 5.62. The highest BCUT2D eigenvalue weighted by Gasteiger charge is 2.11. The van der Waals surface area contributed by atoms with Crippen molar-refractivity contribution in [3.05, 3.63) is 59.7 Å². The summed E-state index contributed by atoms with van der Waals surface area (Å²) < 4.78 is 6.13. The van der Waals surface area contributed by atoms with Gasteiger partial charge in [0.15, 0.2) is 5.96 Å². The third-order valence-corrected chi connectivity index (χ3v) is 5.62. The molecule has 3 rings (SSSR count). The largest absolute Gasteiger partial charge is 0.457 e. The lowest BCUT2D eigenvalue weighted by Crippen LogP contribution is -2.38. The highest BCUT2D eigenvalue weighted by atomic mass is 16.5. The molecule has 1 saturated heterocycles. The topological polar surface area (TPSA) is 52.1 Å². The van der Waals surface area contributed by atoms with Crippen LogP contribution in [0.5, 0.6) is 11.5 Å². The Hall–Kier alpha value is -2.57. The van der Waals surface area contributed by atoms with E-state index < -0.39 is 0 Å². The van der Waals surface area contributed by atoms with Gasteiger partial charge in [0.05, 0.1) is 0 Å². The Balaban J connectivity index is 1.46. The summed E-state index contributed by atoms with van der Waals surface area (Å²) in [4.78, 5) is 9.37. The van der Waals surface area contributed by atoms with E-state index in [0.717, 1.165) is 42.5 Å². The number of ether oxygens (including phenoxy) is 1.